The van der Waals surface area contributed by atoms with Gasteiger partial charge in [0.15, 0.2) is 5.82 Å². The van der Waals surface area contributed by atoms with Crippen molar-refractivity contribution in [1.29, 1.82) is 0 Å². The first-order valence-corrected chi connectivity index (χ1v) is 11.0. The number of rotatable bonds is 3. The lowest BCUT2D eigenvalue weighted by Crippen LogP contribution is -2.10. The van der Waals surface area contributed by atoms with Gasteiger partial charge in [0, 0.05) is 34.3 Å². The number of thiophene rings is 1. The number of amides is 1. The lowest BCUT2D eigenvalue weighted by molar-refractivity contribution is 0.103. The molecule has 0 aliphatic carbocycles. The molecule has 8 heteroatoms. The molecule has 0 unspecified atom stereocenters. The Balaban J connectivity index is 1.37. The summed E-state index contributed by atoms with van der Waals surface area (Å²) in [6, 6.07) is 11.9. The van der Waals surface area contributed by atoms with Gasteiger partial charge in [-0.1, -0.05) is 18.0 Å². The van der Waals surface area contributed by atoms with Crippen molar-refractivity contribution in [3.8, 4) is 11.4 Å². The Kier molecular flexibility index (Phi) is 5.00. The molecular weight excluding hydrogens is 423 g/mol. The third kappa shape index (κ3) is 3.48. The Morgan fingerprint density at radius 3 is 2.77 bits per heavy atom. The monoisotopic (exact) mass is 440 g/mol. The Morgan fingerprint density at radius 1 is 1.10 bits per heavy atom. The van der Waals surface area contributed by atoms with Crippen molar-refractivity contribution in [3.63, 3.8) is 0 Å². The molecule has 0 spiro atoms. The largest absolute Gasteiger partial charge is 0.321 e. The highest BCUT2D eigenvalue weighted by molar-refractivity contribution is 7.21. The van der Waals surface area contributed by atoms with E-state index in [0.717, 1.165) is 43.0 Å². The molecule has 0 saturated heterocycles. The number of anilines is 1. The van der Waals surface area contributed by atoms with Gasteiger partial charge >= 0.3 is 0 Å². The lowest BCUT2D eigenvalue weighted by atomic mass is 10.2. The summed E-state index contributed by atoms with van der Waals surface area (Å²) in [5.74, 6) is 1.23. The van der Waals surface area contributed by atoms with Crippen LogP contribution in [0.3, 0.4) is 0 Å². The van der Waals surface area contributed by atoms with E-state index in [-0.39, 0.29) is 11.7 Å². The SMILES string of the molecule is O=C(Nc1ccc(-c2nnc3n2CCCCC3)cc1)c1sc2cc(F)ccc2c1Cl. The van der Waals surface area contributed by atoms with Crippen LogP contribution in [0.1, 0.15) is 34.8 Å². The summed E-state index contributed by atoms with van der Waals surface area (Å²) in [5.41, 5.74) is 1.61. The molecule has 5 nitrogen and oxygen atoms in total. The van der Waals surface area contributed by atoms with Crippen molar-refractivity contribution in [2.75, 3.05) is 5.32 Å². The molecule has 152 valence electrons. The average Bonchev–Trinajstić information content (AvgIpc) is 3.20. The molecule has 0 bridgehead atoms. The summed E-state index contributed by atoms with van der Waals surface area (Å²) in [6.07, 6.45) is 4.45. The van der Waals surface area contributed by atoms with Crippen LogP contribution in [0.15, 0.2) is 42.5 Å². The molecule has 1 aliphatic rings. The predicted octanol–water partition coefficient (Wildman–Crippen LogP) is 5.93. The zero-order valence-corrected chi connectivity index (χ0v) is 17.6. The zero-order valence-electron chi connectivity index (χ0n) is 16.0. The first kappa shape index (κ1) is 19.2. The van der Waals surface area contributed by atoms with Crippen LogP contribution in [0.4, 0.5) is 10.1 Å². The van der Waals surface area contributed by atoms with Gasteiger partial charge in [0.2, 0.25) is 0 Å². The van der Waals surface area contributed by atoms with Crippen LogP contribution in [-0.4, -0.2) is 20.7 Å². The number of nitrogens with zero attached hydrogens (tertiary/aromatic N) is 3. The van der Waals surface area contributed by atoms with E-state index in [1.807, 2.05) is 24.3 Å². The van der Waals surface area contributed by atoms with Gasteiger partial charge in [0.25, 0.3) is 5.91 Å². The van der Waals surface area contributed by atoms with E-state index >= 15 is 0 Å². The van der Waals surface area contributed by atoms with Gasteiger partial charge in [-0.2, -0.15) is 0 Å². The fourth-order valence-corrected chi connectivity index (χ4v) is 5.21. The number of carbonyl (C=O) groups excluding carboxylic acids is 1. The molecule has 30 heavy (non-hydrogen) atoms. The van der Waals surface area contributed by atoms with E-state index in [9.17, 15) is 9.18 Å². The minimum Gasteiger partial charge on any atom is -0.321 e. The second-order valence-corrected chi connectivity index (χ2v) is 8.75. The quantitative estimate of drug-likeness (QED) is 0.429. The second kappa shape index (κ2) is 7.81. The minimum absolute atomic E-state index is 0.314. The van der Waals surface area contributed by atoms with E-state index < -0.39 is 0 Å². The summed E-state index contributed by atoms with van der Waals surface area (Å²) < 4.78 is 16.3. The van der Waals surface area contributed by atoms with Crippen LogP contribution < -0.4 is 5.32 Å². The first-order valence-electron chi connectivity index (χ1n) is 9.81. The Bertz CT molecular complexity index is 1250. The summed E-state index contributed by atoms with van der Waals surface area (Å²) in [4.78, 5) is 13.1. The van der Waals surface area contributed by atoms with Crippen molar-refractivity contribution >= 4 is 44.6 Å². The predicted molar refractivity (Wildman–Crippen MR) is 118 cm³/mol. The number of hydrogen-bond acceptors (Lipinski definition) is 4. The molecule has 1 aliphatic heterocycles. The number of benzene rings is 2. The van der Waals surface area contributed by atoms with Gasteiger partial charge < -0.3 is 9.88 Å². The number of fused-ring (bicyclic) bond motifs is 2. The van der Waals surface area contributed by atoms with Crippen molar-refractivity contribution < 1.29 is 9.18 Å². The molecule has 0 fully saturated rings. The van der Waals surface area contributed by atoms with E-state index in [1.165, 1.54) is 29.9 Å². The van der Waals surface area contributed by atoms with E-state index in [0.29, 0.717) is 25.7 Å². The van der Waals surface area contributed by atoms with Crippen LogP contribution >= 0.6 is 22.9 Å². The standard InChI is InChI=1S/C22H18ClFN4OS/c23-19-16-10-7-14(24)12-17(16)30-20(19)22(29)25-15-8-5-13(6-9-15)21-27-26-18-4-2-1-3-11-28(18)21/h5-10,12H,1-4,11H2,(H,25,29). The molecule has 1 N–H and O–H groups in total. The number of hydrogen-bond donors (Lipinski definition) is 1. The number of aryl methyl sites for hydroxylation is 1. The molecule has 0 radical (unpaired) electrons. The van der Waals surface area contributed by atoms with Crippen molar-refractivity contribution in [1.82, 2.24) is 14.8 Å². The molecule has 3 heterocycles. The van der Waals surface area contributed by atoms with Crippen LogP contribution in [0.25, 0.3) is 21.5 Å². The summed E-state index contributed by atoms with van der Waals surface area (Å²) in [5, 5.41) is 12.6. The minimum atomic E-state index is -0.352. The highest BCUT2D eigenvalue weighted by Gasteiger charge is 2.19. The van der Waals surface area contributed by atoms with Gasteiger partial charge in [0.05, 0.1) is 5.02 Å². The second-order valence-electron chi connectivity index (χ2n) is 7.32. The molecule has 2 aromatic carbocycles. The molecule has 0 atom stereocenters. The van der Waals surface area contributed by atoms with Gasteiger partial charge in [-0.25, -0.2) is 4.39 Å². The number of nitrogens with one attached hydrogen (secondary N) is 1. The summed E-state index contributed by atoms with van der Waals surface area (Å²) >= 11 is 7.53. The topological polar surface area (TPSA) is 59.8 Å². The Morgan fingerprint density at radius 2 is 1.93 bits per heavy atom. The van der Waals surface area contributed by atoms with Crippen molar-refractivity contribution in [2.45, 2.75) is 32.2 Å². The maximum atomic E-state index is 13.5. The van der Waals surface area contributed by atoms with Gasteiger partial charge in [0.1, 0.15) is 16.5 Å². The first-order chi connectivity index (χ1) is 14.6. The highest BCUT2D eigenvalue weighted by atomic mass is 35.5. The average molecular weight is 441 g/mol. The fraction of sp³-hybridized carbons (Fsp3) is 0.227. The van der Waals surface area contributed by atoms with Gasteiger partial charge in [-0.05, 0) is 55.3 Å². The van der Waals surface area contributed by atoms with Gasteiger partial charge in [-0.3, -0.25) is 4.79 Å². The Labute approximate surface area is 181 Å². The van der Waals surface area contributed by atoms with Crippen LogP contribution in [-0.2, 0) is 13.0 Å². The third-order valence-corrected chi connectivity index (χ3v) is 6.96. The smallest absolute Gasteiger partial charge is 0.267 e. The summed E-state index contributed by atoms with van der Waals surface area (Å²) in [7, 11) is 0. The molecule has 0 saturated carbocycles. The lowest BCUT2D eigenvalue weighted by Gasteiger charge is -2.08. The zero-order chi connectivity index (χ0) is 20.7. The molecule has 1 amide bonds. The maximum Gasteiger partial charge on any atom is 0.267 e. The maximum absolute atomic E-state index is 13.5. The number of aromatic nitrogens is 3. The number of carbonyl (C=O) groups is 1. The summed E-state index contributed by atoms with van der Waals surface area (Å²) in [6.45, 7) is 0.932. The van der Waals surface area contributed by atoms with E-state index in [4.69, 9.17) is 11.6 Å². The Hall–Kier alpha value is -2.77. The molecule has 4 aromatic rings. The van der Waals surface area contributed by atoms with E-state index in [1.54, 1.807) is 6.07 Å². The fourth-order valence-electron chi connectivity index (χ4n) is 3.77. The van der Waals surface area contributed by atoms with Crippen molar-refractivity contribution in [2.24, 2.45) is 0 Å². The van der Waals surface area contributed by atoms with E-state index in [2.05, 4.69) is 20.1 Å². The third-order valence-electron chi connectivity index (χ3n) is 5.31. The van der Waals surface area contributed by atoms with Gasteiger partial charge in [-0.15, -0.1) is 21.5 Å². The molecular formula is C22H18ClFN4OS. The van der Waals surface area contributed by atoms with Crippen LogP contribution in [0.2, 0.25) is 5.02 Å². The van der Waals surface area contributed by atoms with Crippen LogP contribution in [0.5, 0.6) is 0 Å². The molecule has 5 rings (SSSR count). The normalized spacial score (nSPS) is 13.8. The molecule has 2 aromatic heterocycles. The van der Waals surface area contributed by atoms with Crippen molar-refractivity contribution in [3.05, 3.63) is 64.0 Å². The number of halogens is 2. The highest BCUT2D eigenvalue weighted by Crippen LogP contribution is 2.36. The van der Waals surface area contributed by atoms with Crippen LogP contribution in [0, 0.1) is 5.82 Å².